The molecule has 0 amide bonds. The van der Waals surface area contributed by atoms with E-state index in [0.29, 0.717) is 37.9 Å². The summed E-state index contributed by atoms with van der Waals surface area (Å²) in [6.07, 6.45) is -0.744. The Morgan fingerprint density at radius 1 is 1.20 bits per heavy atom. The summed E-state index contributed by atoms with van der Waals surface area (Å²) in [7, 11) is 1.47. The highest BCUT2D eigenvalue weighted by atomic mass is 127. The molecule has 0 spiro atoms. The van der Waals surface area contributed by atoms with Gasteiger partial charge in [-0.15, -0.1) is 24.0 Å². The van der Waals surface area contributed by atoms with Gasteiger partial charge < -0.3 is 15.7 Å². The van der Waals surface area contributed by atoms with Crippen LogP contribution >= 0.6 is 24.0 Å². The van der Waals surface area contributed by atoms with Crippen LogP contribution in [0, 0.1) is 5.92 Å². The molecule has 0 aliphatic carbocycles. The minimum absolute atomic E-state index is 0. The first-order valence-corrected chi connectivity index (χ1v) is 8.70. The molecule has 25 heavy (non-hydrogen) atoms. The fourth-order valence-corrected chi connectivity index (χ4v) is 2.42. The topological polar surface area (TPSA) is 59.9 Å². The second-order valence-corrected chi connectivity index (χ2v) is 6.02. The molecule has 0 saturated carbocycles. The lowest BCUT2D eigenvalue weighted by Gasteiger charge is -2.19. The second-order valence-electron chi connectivity index (χ2n) is 6.02. The molecule has 0 fully saturated rings. The van der Waals surface area contributed by atoms with Gasteiger partial charge in [-0.05, 0) is 45.7 Å². The number of nitrogens with one attached hydrogen (secondary N) is 2. The van der Waals surface area contributed by atoms with Gasteiger partial charge in [-0.3, -0.25) is 9.89 Å². The van der Waals surface area contributed by atoms with Gasteiger partial charge in [0.15, 0.2) is 5.96 Å². The lowest BCUT2D eigenvalue weighted by Crippen LogP contribution is -2.39. The van der Waals surface area contributed by atoms with E-state index in [1.165, 1.54) is 11.9 Å². The molecule has 1 atom stereocenters. The van der Waals surface area contributed by atoms with E-state index < -0.39 is 12.7 Å². The fraction of sp³-hybridized carbons (Fsp3) is 0.938. The van der Waals surface area contributed by atoms with E-state index in [9.17, 15) is 13.2 Å². The average molecular weight is 482 g/mol. The standard InChI is InChI=1S/C16H33F3N4O.HI/c1-4-7-14(8-11-24)12-22-15(20-5-2)21-9-6-10-23(3)13-16(17,18)19;/h14,24H,4-13H2,1-3H3,(H2,20,21,22);1H. The summed E-state index contributed by atoms with van der Waals surface area (Å²) in [6.45, 7) is 5.63. The zero-order chi connectivity index (χ0) is 18.4. The minimum atomic E-state index is -4.15. The van der Waals surface area contributed by atoms with Crippen LogP contribution in [0.1, 0.15) is 39.5 Å². The summed E-state index contributed by atoms with van der Waals surface area (Å²) in [5.41, 5.74) is 0. The molecular weight excluding hydrogens is 448 g/mol. The molecule has 1 unspecified atom stereocenters. The van der Waals surface area contributed by atoms with Gasteiger partial charge in [-0.25, -0.2) is 0 Å². The lowest BCUT2D eigenvalue weighted by atomic mass is 10.0. The molecule has 0 rings (SSSR count). The van der Waals surface area contributed by atoms with E-state index in [0.717, 1.165) is 25.8 Å². The Morgan fingerprint density at radius 2 is 1.88 bits per heavy atom. The molecule has 0 aromatic heterocycles. The zero-order valence-corrected chi connectivity index (χ0v) is 17.9. The minimum Gasteiger partial charge on any atom is -0.396 e. The third kappa shape index (κ3) is 16.9. The van der Waals surface area contributed by atoms with E-state index in [4.69, 9.17) is 5.11 Å². The van der Waals surface area contributed by atoms with Gasteiger partial charge >= 0.3 is 6.18 Å². The van der Waals surface area contributed by atoms with Crippen molar-refractivity contribution in [3.05, 3.63) is 0 Å². The number of guanidine groups is 1. The van der Waals surface area contributed by atoms with Crippen molar-refractivity contribution in [2.45, 2.75) is 45.7 Å². The van der Waals surface area contributed by atoms with E-state index in [1.54, 1.807) is 0 Å². The number of rotatable bonds is 12. The van der Waals surface area contributed by atoms with E-state index in [2.05, 4.69) is 22.5 Å². The van der Waals surface area contributed by atoms with Crippen molar-refractivity contribution < 1.29 is 18.3 Å². The molecule has 0 saturated heterocycles. The molecule has 152 valence electrons. The highest BCUT2D eigenvalue weighted by molar-refractivity contribution is 14.0. The molecule has 5 nitrogen and oxygen atoms in total. The summed E-state index contributed by atoms with van der Waals surface area (Å²) in [5, 5.41) is 15.4. The van der Waals surface area contributed by atoms with Crippen molar-refractivity contribution in [2.24, 2.45) is 10.9 Å². The molecule has 0 heterocycles. The van der Waals surface area contributed by atoms with Crippen LogP contribution in [0.4, 0.5) is 13.2 Å². The highest BCUT2D eigenvalue weighted by Gasteiger charge is 2.28. The van der Waals surface area contributed by atoms with Crippen molar-refractivity contribution >= 4 is 29.9 Å². The van der Waals surface area contributed by atoms with Gasteiger partial charge in [0.2, 0.25) is 0 Å². The predicted octanol–water partition coefficient (Wildman–Crippen LogP) is 2.84. The smallest absolute Gasteiger partial charge is 0.396 e. The van der Waals surface area contributed by atoms with E-state index in [1.807, 2.05) is 6.92 Å². The van der Waals surface area contributed by atoms with E-state index >= 15 is 0 Å². The maximum Gasteiger partial charge on any atom is 0.401 e. The Labute approximate surface area is 166 Å². The molecule has 0 radical (unpaired) electrons. The third-order valence-electron chi connectivity index (χ3n) is 3.54. The quantitative estimate of drug-likeness (QED) is 0.173. The van der Waals surface area contributed by atoms with Crippen LogP contribution in [0.5, 0.6) is 0 Å². The molecule has 0 aromatic carbocycles. The molecular formula is C16H34F3IN4O. The zero-order valence-electron chi connectivity index (χ0n) is 15.5. The summed E-state index contributed by atoms with van der Waals surface area (Å²) in [5.74, 6) is 1.03. The first kappa shape index (κ1) is 26.9. The Hall–Kier alpha value is -0.290. The number of hydrogen-bond acceptors (Lipinski definition) is 3. The SMILES string of the molecule is CCCC(CCO)CN=C(NCC)NCCCN(C)CC(F)(F)F.I. The van der Waals surface area contributed by atoms with E-state index in [-0.39, 0.29) is 30.6 Å². The van der Waals surface area contributed by atoms with Crippen LogP contribution in [0.15, 0.2) is 4.99 Å². The van der Waals surface area contributed by atoms with Gasteiger partial charge in [-0.1, -0.05) is 13.3 Å². The number of halogens is 4. The number of alkyl halides is 3. The molecule has 0 bridgehead atoms. The molecule has 9 heteroatoms. The molecule has 0 aromatic rings. The number of aliphatic hydroxyl groups excluding tert-OH is 1. The first-order valence-electron chi connectivity index (χ1n) is 8.70. The maximum absolute atomic E-state index is 12.2. The van der Waals surface area contributed by atoms with Crippen LogP contribution in [0.25, 0.3) is 0 Å². The Kier molecular flexibility index (Phi) is 17.2. The van der Waals surface area contributed by atoms with Crippen molar-refractivity contribution in [2.75, 3.05) is 46.4 Å². The van der Waals surface area contributed by atoms with Crippen LogP contribution in [0.2, 0.25) is 0 Å². The maximum atomic E-state index is 12.2. The number of nitrogens with zero attached hydrogens (tertiary/aromatic N) is 2. The summed E-state index contributed by atoms with van der Waals surface area (Å²) < 4.78 is 36.7. The van der Waals surface area contributed by atoms with Gasteiger partial charge in [0.05, 0.1) is 6.54 Å². The largest absolute Gasteiger partial charge is 0.401 e. The van der Waals surface area contributed by atoms with Crippen LogP contribution in [-0.4, -0.2) is 68.5 Å². The Balaban J connectivity index is 0. The Morgan fingerprint density at radius 3 is 2.40 bits per heavy atom. The summed E-state index contributed by atoms with van der Waals surface area (Å²) >= 11 is 0. The third-order valence-corrected chi connectivity index (χ3v) is 3.54. The number of hydrogen-bond donors (Lipinski definition) is 3. The van der Waals surface area contributed by atoms with Gasteiger partial charge in [0.25, 0.3) is 0 Å². The Bertz CT molecular complexity index is 338. The molecule has 0 aliphatic heterocycles. The van der Waals surface area contributed by atoms with Gasteiger partial charge in [0.1, 0.15) is 0 Å². The van der Waals surface area contributed by atoms with Crippen LogP contribution in [0.3, 0.4) is 0 Å². The van der Waals surface area contributed by atoms with Gasteiger partial charge in [-0.2, -0.15) is 13.2 Å². The number of aliphatic hydroxyl groups is 1. The highest BCUT2D eigenvalue weighted by Crippen LogP contribution is 2.15. The van der Waals surface area contributed by atoms with Crippen molar-refractivity contribution in [3.63, 3.8) is 0 Å². The monoisotopic (exact) mass is 482 g/mol. The summed E-state index contributed by atoms with van der Waals surface area (Å²) in [4.78, 5) is 5.78. The van der Waals surface area contributed by atoms with Crippen LogP contribution < -0.4 is 10.6 Å². The molecule has 0 aliphatic rings. The van der Waals surface area contributed by atoms with Crippen LogP contribution in [-0.2, 0) is 0 Å². The van der Waals surface area contributed by atoms with Crippen molar-refractivity contribution in [1.29, 1.82) is 0 Å². The second kappa shape index (κ2) is 15.9. The fourth-order valence-electron chi connectivity index (χ4n) is 2.42. The average Bonchev–Trinajstić information content (AvgIpc) is 2.47. The number of aliphatic imine (C=N–C) groups is 1. The lowest BCUT2D eigenvalue weighted by molar-refractivity contribution is -0.143. The summed E-state index contributed by atoms with van der Waals surface area (Å²) in [6, 6.07) is 0. The predicted molar refractivity (Wildman–Crippen MR) is 108 cm³/mol. The first-order chi connectivity index (χ1) is 11.3. The van der Waals surface area contributed by atoms with Gasteiger partial charge in [0, 0.05) is 26.2 Å². The molecule has 3 N–H and O–H groups in total. The normalized spacial score (nSPS) is 13.5. The van der Waals surface area contributed by atoms with Crippen molar-refractivity contribution in [3.8, 4) is 0 Å². The van der Waals surface area contributed by atoms with Crippen molar-refractivity contribution in [1.82, 2.24) is 15.5 Å².